The van der Waals surface area contributed by atoms with Gasteiger partial charge in [0.1, 0.15) is 5.82 Å². The van der Waals surface area contributed by atoms with Gasteiger partial charge in [-0.2, -0.15) is 4.98 Å². The van der Waals surface area contributed by atoms with Crippen LogP contribution < -0.4 is 14.8 Å². The van der Waals surface area contributed by atoms with E-state index in [1.807, 2.05) is 0 Å². The summed E-state index contributed by atoms with van der Waals surface area (Å²) in [5.74, 6) is -1.20. The van der Waals surface area contributed by atoms with Crippen LogP contribution in [0, 0.1) is 11.6 Å². The van der Waals surface area contributed by atoms with Crippen molar-refractivity contribution in [1.82, 2.24) is 19.6 Å². The van der Waals surface area contributed by atoms with Gasteiger partial charge in [-0.1, -0.05) is 23.9 Å². The third-order valence-corrected chi connectivity index (χ3v) is 5.61. The third kappa shape index (κ3) is 5.69. The molecule has 28 heavy (non-hydrogen) atoms. The van der Waals surface area contributed by atoms with E-state index >= 15 is 0 Å². The first-order valence-corrected chi connectivity index (χ1v) is 10.3. The molecule has 0 aliphatic carbocycles. The number of hydrogen-bond donors (Lipinski definition) is 2. The average Bonchev–Trinajstić information content (AvgIpc) is 2.66. The number of carbonyl (C=O) groups is 1. The van der Waals surface area contributed by atoms with Gasteiger partial charge < -0.3 is 14.8 Å². The van der Waals surface area contributed by atoms with Crippen molar-refractivity contribution in [3.05, 3.63) is 41.5 Å². The molecule has 0 saturated carbocycles. The lowest BCUT2D eigenvalue weighted by Gasteiger charge is -2.28. The maximum Gasteiger partial charge on any atom is 0.257 e. The number of halogens is 2. The van der Waals surface area contributed by atoms with E-state index in [1.54, 1.807) is 6.07 Å². The fraction of sp³-hybridized carbons (Fsp3) is 0.353. The van der Waals surface area contributed by atoms with E-state index in [-0.39, 0.29) is 29.7 Å². The smallest absolute Gasteiger partial charge is 0.257 e. The zero-order valence-electron chi connectivity index (χ0n) is 15.1. The molecule has 0 atom stereocenters. The molecule has 11 heteroatoms. The molecule has 1 aromatic carbocycles. The number of benzene rings is 1. The van der Waals surface area contributed by atoms with Gasteiger partial charge in [0.15, 0.2) is 23.4 Å². The van der Waals surface area contributed by atoms with E-state index in [0.717, 1.165) is 37.3 Å². The van der Waals surface area contributed by atoms with Crippen LogP contribution in [0.2, 0.25) is 0 Å². The lowest BCUT2D eigenvalue weighted by atomic mass is 10.2. The summed E-state index contributed by atoms with van der Waals surface area (Å²) in [6.45, 7) is 1.79. The summed E-state index contributed by atoms with van der Waals surface area (Å²) in [6.07, 6.45) is 1.15. The Kier molecular flexibility index (Phi) is 7.29. The first-order valence-electron chi connectivity index (χ1n) is 8.51. The lowest BCUT2D eigenvalue weighted by molar-refractivity contribution is -0.122. The average molecular weight is 428 g/mol. The first kappa shape index (κ1) is 20.6. The molecule has 1 aliphatic heterocycles. The molecule has 1 aromatic heterocycles. The zero-order chi connectivity index (χ0) is 19.9. The molecule has 1 amide bonds. The van der Waals surface area contributed by atoms with Crippen LogP contribution in [0.25, 0.3) is 0 Å². The molecule has 2 aromatic rings. The van der Waals surface area contributed by atoms with Crippen LogP contribution in [0.15, 0.2) is 29.4 Å². The normalized spacial score (nSPS) is 13.7. The van der Waals surface area contributed by atoms with Gasteiger partial charge in [0.2, 0.25) is 5.88 Å². The fourth-order valence-corrected chi connectivity index (χ4v) is 3.69. The zero-order valence-corrected chi connectivity index (χ0v) is 16.7. The quantitative estimate of drug-likeness (QED) is 0.359. The van der Waals surface area contributed by atoms with E-state index in [2.05, 4.69) is 24.3 Å². The van der Waals surface area contributed by atoms with Crippen LogP contribution in [0.3, 0.4) is 0 Å². The van der Waals surface area contributed by atoms with Crippen LogP contribution in [0.5, 0.6) is 5.88 Å². The molecular weight excluding hydrogens is 408 g/mol. The second kappa shape index (κ2) is 9.89. The highest BCUT2D eigenvalue weighted by Gasteiger charge is 2.16. The van der Waals surface area contributed by atoms with Gasteiger partial charge in [0, 0.05) is 49.7 Å². The summed E-state index contributed by atoms with van der Waals surface area (Å²) >= 11 is 2.57. The summed E-state index contributed by atoms with van der Waals surface area (Å²) in [5.41, 5.74) is 0.217. The van der Waals surface area contributed by atoms with Gasteiger partial charge in [-0.3, -0.25) is 4.79 Å². The number of likely N-dealkylation sites (N-methyl/N-ethyl adjacent to an activating group) is 1. The van der Waals surface area contributed by atoms with E-state index in [4.69, 9.17) is 4.74 Å². The monoisotopic (exact) mass is 427 g/mol. The van der Waals surface area contributed by atoms with Gasteiger partial charge in [-0.15, -0.1) is 0 Å². The number of anilines is 1. The molecule has 2 heterocycles. The Morgan fingerprint density at radius 2 is 2.14 bits per heavy atom. The van der Waals surface area contributed by atoms with Crippen LogP contribution >= 0.6 is 23.9 Å². The van der Waals surface area contributed by atoms with Crippen molar-refractivity contribution in [2.75, 3.05) is 31.5 Å². The summed E-state index contributed by atoms with van der Waals surface area (Å²) in [4.78, 5) is 20.0. The van der Waals surface area contributed by atoms with Crippen molar-refractivity contribution in [3.63, 3.8) is 0 Å². The minimum absolute atomic E-state index is 0.154. The SMILES string of the molecule is CNC(=O)COc1cc(NSN2CCC2)nc(SCc2cccc(F)c2F)n1. The molecule has 1 saturated heterocycles. The van der Waals surface area contributed by atoms with Gasteiger partial charge in [-0.05, 0) is 12.5 Å². The maximum absolute atomic E-state index is 13.8. The first-order chi connectivity index (χ1) is 13.5. The highest BCUT2D eigenvalue weighted by Crippen LogP contribution is 2.27. The molecule has 1 aliphatic rings. The van der Waals surface area contributed by atoms with Crippen molar-refractivity contribution in [2.24, 2.45) is 0 Å². The van der Waals surface area contributed by atoms with Gasteiger partial charge >= 0.3 is 0 Å². The standard InChI is InChI=1S/C17H19F2N5O2S2/c1-20-14(25)9-26-15-8-13(23-28-24-6-3-7-24)21-17(22-15)27-10-11-4-2-5-12(18)16(11)19/h2,4-5,8H,3,6-7,9-10H2,1H3,(H,20,25)(H,21,22,23). The van der Waals surface area contributed by atoms with Gasteiger partial charge in [-0.25, -0.2) is 18.1 Å². The highest BCUT2D eigenvalue weighted by atomic mass is 32.2. The predicted molar refractivity (Wildman–Crippen MR) is 105 cm³/mol. The number of hydrogen-bond acceptors (Lipinski definition) is 8. The molecule has 7 nitrogen and oxygen atoms in total. The van der Waals surface area contributed by atoms with E-state index in [0.29, 0.717) is 11.0 Å². The number of aromatic nitrogens is 2. The predicted octanol–water partition coefficient (Wildman–Crippen LogP) is 2.85. The molecule has 150 valence electrons. The Morgan fingerprint density at radius 3 is 2.86 bits per heavy atom. The highest BCUT2D eigenvalue weighted by molar-refractivity contribution is 7.98. The van der Waals surface area contributed by atoms with Crippen molar-refractivity contribution in [3.8, 4) is 5.88 Å². The van der Waals surface area contributed by atoms with Crippen molar-refractivity contribution in [1.29, 1.82) is 0 Å². The van der Waals surface area contributed by atoms with Crippen molar-refractivity contribution in [2.45, 2.75) is 17.3 Å². The number of carbonyl (C=O) groups excluding carboxylic acids is 1. The fourth-order valence-electron chi connectivity index (χ4n) is 2.10. The van der Waals surface area contributed by atoms with Crippen LogP contribution in [-0.2, 0) is 10.5 Å². The van der Waals surface area contributed by atoms with Crippen LogP contribution in [0.4, 0.5) is 14.6 Å². The molecule has 0 spiro atoms. The molecule has 0 bridgehead atoms. The van der Waals surface area contributed by atoms with E-state index in [9.17, 15) is 13.6 Å². The number of rotatable bonds is 9. The molecule has 0 radical (unpaired) electrons. The van der Waals surface area contributed by atoms with Crippen molar-refractivity contribution >= 4 is 35.6 Å². The number of amides is 1. The number of nitrogens with one attached hydrogen (secondary N) is 2. The van der Waals surface area contributed by atoms with Crippen molar-refractivity contribution < 1.29 is 18.3 Å². The molecule has 3 rings (SSSR count). The van der Waals surface area contributed by atoms with E-state index < -0.39 is 11.6 Å². The van der Waals surface area contributed by atoms with Gasteiger partial charge in [0.05, 0.1) is 0 Å². The van der Waals surface area contributed by atoms with E-state index in [1.165, 1.54) is 31.3 Å². The Balaban J connectivity index is 1.71. The largest absolute Gasteiger partial charge is 0.467 e. The van der Waals surface area contributed by atoms with Crippen LogP contribution in [0.1, 0.15) is 12.0 Å². The number of thioether (sulfide) groups is 1. The number of ether oxygens (including phenoxy) is 1. The Morgan fingerprint density at radius 1 is 1.32 bits per heavy atom. The molecule has 2 N–H and O–H groups in total. The second-order valence-corrected chi connectivity index (χ2v) is 7.66. The molecule has 0 unspecified atom stereocenters. The summed E-state index contributed by atoms with van der Waals surface area (Å²) < 4.78 is 37.9. The summed E-state index contributed by atoms with van der Waals surface area (Å²) in [6, 6.07) is 5.62. The molecule has 1 fully saturated rings. The minimum atomic E-state index is -0.894. The Hall–Kier alpha value is -2.11. The summed E-state index contributed by atoms with van der Waals surface area (Å²) in [5, 5.41) is 2.79. The lowest BCUT2D eigenvalue weighted by Crippen LogP contribution is -2.31. The van der Waals surface area contributed by atoms with Gasteiger partial charge in [0.25, 0.3) is 5.91 Å². The molecular formula is C17H19F2N5O2S2. The third-order valence-electron chi connectivity index (χ3n) is 3.79. The Labute approximate surface area is 169 Å². The minimum Gasteiger partial charge on any atom is -0.467 e. The second-order valence-electron chi connectivity index (χ2n) is 5.81. The van der Waals surface area contributed by atoms with Crippen LogP contribution in [-0.4, -0.2) is 46.9 Å². The maximum atomic E-state index is 13.8. The topological polar surface area (TPSA) is 79.4 Å². The Bertz CT molecular complexity index is 839. The summed E-state index contributed by atoms with van der Waals surface area (Å²) in [7, 11) is 1.51. The number of nitrogens with zero attached hydrogens (tertiary/aromatic N) is 3.